The average molecular weight is 603 g/mol. The highest BCUT2D eigenvalue weighted by Crippen LogP contribution is 2.14. The Kier molecular flexibility index (Phi) is 11.2. The van der Waals surface area contributed by atoms with Gasteiger partial charge in [-0.3, -0.25) is 0 Å². The van der Waals surface area contributed by atoms with Gasteiger partial charge in [0.15, 0.2) is 0 Å². The highest BCUT2D eigenvalue weighted by molar-refractivity contribution is 7.10. The smallest absolute Gasteiger partial charge is 0.508 e. The Morgan fingerprint density at radius 3 is 0.791 bits per heavy atom. The van der Waals surface area contributed by atoms with Crippen molar-refractivity contribution in [3.05, 3.63) is 182 Å². The number of benzene rings is 6. The monoisotopic (exact) mass is 602 g/mol. The van der Waals surface area contributed by atoms with Crippen LogP contribution in [0.25, 0.3) is 0 Å². The third-order valence-corrected chi connectivity index (χ3v) is 13.4. The molecule has 5 nitrogen and oxygen atoms in total. The van der Waals surface area contributed by atoms with Crippen molar-refractivity contribution in [1.29, 1.82) is 0 Å². The lowest BCUT2D eigenvalue weighted by Crippen LogP contribution is -2.75. The zero-order valence-corrected chi connectivity index (χ0v) is 25.5. The van der Waals surface area contributed by atoms with Crippen LogP contribution in [0.2, 0.25) is 0 Å². The molecule has 0 aliphatic rings. The first kappa shape index (κ1) is 31.2. The van der Waals surface area contributed by atoms with Gasteiger partial charge in [-0.15, -0.1) is 0 Å². The lowest BCUT2D eigenvalue weighted by Gasteiger charge is -2.37. The first-order valence-corrected chi connectivity index (χ1v) is 17.5. The molecule has 4 N–H and O–H groups in total. The first-order chi connectivity index (χ1) is 20.9. The molecule has 0 aromatic heterocycles. The second kappa shape index (κ2) is 15.5. The molecule has 6 aromatic carbocycles. The number of phenolic OH excluding ortho intramolecular Hbond substituents is 2. The van der Waals surface area contributed by atoms with Gasteiger partial charge in [0.2, 0.25) is 0 Å². The third kappa shape index (κ3) is 8.62. The van der Waals surface area contributed by atoms with Crippen molar-refractivity contribution in [3.8, 4) is 11.5 Å². The van der Waals surface area contributed by atoms with Gasteiger partial charge in [0.1, 0.15) is 11.5 Å². The molecule has 0 unspecified atom stereocenters. The largest absolute Gasteiger partial charge is 0.521 e. The molecule has 0 aliphatic carbocycles. The predicted octanol–water partition coefficient (Wildman–Crippen LogP) is 4.29. The molecule has 0 aliphatic heterocycles. The van der Waals surface area contributed by atoms with E-state index in [1.54, 1.807) is 72.8 Å². The van der Waals surface area contributed by atoms with Crippen molar-refractivity contribution in [2.45, 2.75) is 0 Å². The lowest BCUT2D eigenvalue weighted by molar-refractivity contribution is 0.262. The van der Waals surface area contributed by atoms with E-state index in [9.17, 15) is 9.59 Å². The van der Waals surface area contributed by atoms with Crippen LogP contribution in [0.3, 0.4) is 0 Å². The van der Waals surface area contributed by atoms with Crippen LogP contribution >= 0.6 is 0 Å². The summed E-state index contributed by atoms with van der Waals surface area (Å²) in [7, 11) is -7.38. The number of aromatic hydroxyl groups is 2. The van der Waals surface area contributed by atoms with E-state index in [-0.39, 0.29) is 0 Å². The second-order valence-corrected chi connectivity index (χ2v) is 15.2. The standard InChI is InChI=1S/C24H22O3Si2.2C6H6O/c25-29(26,24-19-11-4-12-20-24)27-28(21-13-5-1-6-14-21,22-15-7-2-8-16-22)23-17-9-3-10-18-23;2*7-6-4-2-1-3-5-6/h1-20,25-26H;2*1-5,7H. The topological polar surface area (TPSA) is 90.2 Å². The Morgan fingerprint density at radius 1 is 0.326 bits per heavy atom. The fraction of sp³-hybridized carbons (Fsp3) is 0. The number of hydrogen-bond acceptors (Lipinski definition) is 5. The molecule has 0 amide bonds. The molecule has 0 fully saturated rings. The van der Waals surface area contributed by atoms with Gasteiger partial charge in [0.25, 0.3) is 8.32 Å². The molecule has 216 valence electrons. The zero-order chi connectivity index (χ0) is 30.4. The van der Waals surface area contributed by atoms with Crippen molar-refractivity contribution in [2.24, 2.45) is 0 Å². The van der Waals surface area contributed by atoms with Crippen LogP contribution in [0, 0.1) is 0 Å². The maximum atomic E-state index is 11.2. The number of rotatable bonds is 6. The molecule has 0 atom stereocenters. The molecule has 7 heteroatoms. The molecule has 0 spiro atoms. The fourth-order valence-corrected chi connectivity index (χ4v) is 11.7. The van der Waals surface area contributed by atoms with Crippen molar-refractivity contribution in [1.82, 2.24) is 0 Å². The summed E-state index contributed by atoms with van der Waals surface area (Å²) in [6, 6.07) is 56.1. The molecule has 0 radical (unpaired) electrons. The summed E-state index contributed by atoms with van der Waals surface area (Å²) >= 11 is 0. The predicted molar refractivity (Wildman–Crippen MR) is 178 cm³/mol. The van der Waals surface area contributed by atoms with E-state index in [1.165, 1.54) is 0 Å². The Bertz CT molecular complexity index is 1470. The summed E-state index contributed by atoms with van der Waals surface area (Å²) in [4.78, 5) is 22.4. The average Bonchev–Trinajstić information content (AvgIpc) is 3.07. The number of para-hydroxylation sites is 2. The van der Waals surface area contributed by atoms with E-state index in [4.69, 9.17) is 14.3 Å². The van der Waals surface area contributed by atoms with E-state index < -0.39 is 17.1 Å². The van der Waals surface area contributed by atoms with Crippen LogP contribution in [0.5, 0.6) is 11.5 Å². The number of hydrogen-bond donors (Lipinski definition) is 4. The minimum absolute atomic E-state index is 0.322. The van der Waals surface area contributed by atoms with Gasteiger partial charge in [-0.2, -0.15) is 0 Å². The van der Waals surface area contributed by atoms with Gasteiger partial charge in [-0.1, -0.05) is 158 Å². The summed E-state index contributed by atoms with van der Waals surface area (Å²) in [5, 5.41) is 20.6. The van der Waals surface area contributed by atoms with Crippen molar-refractivity contribution < 1.29 is 23.9 Å². The van der Waals surface area contributed by atoms with Gasteiger partial charge < -0.3 is 23.9 Å². The molecule has 0 saturated heterocycles. The van der Waals surface area contributed by atoms with Crippen molar-refractivity contribution in [3.63, 3.8) is 0 Å². The third-order valence-electron chi connectivity index (χ3n) is 6.50. The summed E-state index contributed by atoms with van der Waals surface area (Å²) in [5.74, 6) is 0.644. The Morgan fingerprint density at radius 2 is 0.558 bits per heavy atom. The summed E-state index contributed by atoms with van der Waals surface area (Å²) in [6.45, 7) is 0. The molecule has 6 aromatic rings. The van der Waals surface area contributed by atoms with E-state index >= 15 is 0 Å². The van der Waals surface area contributed by atoms with E-state index in [2.05, 4.69) is 0 Å². The molecule has 0 saturated carbocycles. The quantitative estimate of drug-likeness (QED) is 0.169. The highest BCUT2D eigenvalue weighted by atomic mass is 28.5. The lowest BCUT2D eigenvalue weighted by atomic mass is 10.3. The first-order valence-electron chi connectivity index (χ1n) is 13.8. The maximum Gasteiger partial charge on any atom is 0.521 e. The molecule has 6 rings (SSSR count). The van der Waals surface area contributed by atoms with Crippen LogP contribution < -0.4 is 20.7 Å². The number of phenols is 2. The molecular formula is C36H34O5Si2. The Hall–Kier alpha value is -4.77. The molecule has 0 bridgehead atoms. The van der Waals surface area contributed by atoms with Gasteiger partial charge in [0, 0.05) is 5.19 Å². The van der Waals surface area contributed by atoms with E-state index in [1.807, 2.05) is 109 Å². The Labute approximate surface area is 254 Å². The van der Waals surface area contributed by atoms with Crippen LogP contribution in [0.1, 0.15) is 0 Å². The highest BCUT2D eigenvalue weighted by Gasteiger charge is 2.50. The zero-order valence-electron chi connectivity index (χ0n) is 23.5. The van der Waals surface area contributed by atoms with Crippen molar-refractivity contribution in [2.75, 3.05) is 0 Å². The molecular weight excluding hydrogens is 569 g/mol. The summed E-state index contributed by atoms with van der Waals surface area (Å²) < 4.78 is 6.56. The van der Waals surface area contributed by atoms with Gasteiger partial charge in [0.05, 0.1) is 0 Å². The Balaban J connectivity index is 0.000000246. The van der Waals surface area contributed by atoms with Gasteiger partial charge in [-0.25, -0.2) is 0 Å². The van der Waals surface area contributed by atoms with Gasteiger partial charge in [-0.05, 0) is 39.8 Å². The van der Waals surface area contributed by atoms with Gasteiger partial charge >= 0.3 is 8.80 Å². The summed E-state index contributed by atoms with van der Waals surface area (Å²) in [6.07, 6.45) is 0. The van der Waals surface area contributed by atoms with Crippen LogP contribution in [-0.2, 0) is 4.12 Å². The second-order valence-electron chi connectivity index (χ2n) is 9.53. The molecule has 0 heterocycles. The van der Waals surface area contributed by atoms with Crippen LogP contribution in [0.4, 0.5) is 0 Å². The summed E-state index contributed by atoms with van der Waals surface area (Å²) in [5.41, 5.74) is 0. The van der Waals surface area contributed by atoms with E-state index in [0.29, 0.717) is 16.7 Å². The van der Waals surface area contributed by atoms with Crippen molar-refractivity contribution >= 4 is 37.9 Å². The SMILES string of the molecule is O[Si](O)(O[Si](c1ccccc1)(c1ccccc1)c1ccccc1)c1ccccc1.Oc1ccccc1.Oc1ccccc1. The van der Waals surface area contributed by atoms with Crippen LogP contribution in [-0.4, -0.2) is 36.9 Å². The minimum Gasteiger partial charge on any atom is -0.508 e. The van der Waals surface area contributed by atoms with E-state index in [0.717, 1.165) is 15.6 Å². The normalized spacial score (nSPS) is 10.8. The minimum atomic E-state index is -4.20. The van der Waals surface area contributed by atoms with Crippen LogP contribution in [0.15, 0.2) is 182 Å². The molecule has 43 heavy (non-hydrogen) atoms. The maximum absolute atomic E-state index is 11.2. The fourth-order valence-electron chi connectivity index (χ4n) is 4.48.